The van der Waals surface area contributed by atoms with Crippen LogP contribution in [0, 0.1) is 5.82 Å². The van der Waals surface area contributed by atoms with Gasteiger partial charge >= 0.3 is 6.03 Å². The minimum Gasteiger partial charge on any atom is -0.507 e. The van der Waals surface area contributed by atoms with E-state index in [0.717, 1.165) is 18.5 Å². The number of rotatable bonds is 6. The van der Waals surface area contributed by atoms with Crippen LogP contribution in [0.3, 0.4) is 0 Å². The number of benzene rings is 2. The Morgan fingerprint density at radius 2 is 1.97 bits per heavy atom. The van der Waals surface area contributed by atoms with Crippen molar-refractivity contribution in [1.29, 1.82) is 0 Å². The van der Waals surface area contributed by atoms with E-state index >= 15 is 0 Å². The van der Waals surface area contributed by atoms with Crippen LogP contribution in [0.4, 0.5) is 14.9 Å². The smallest absolute Gasteiger partial charge is 0.342 e. The number of hydrogen-bond acceptors (Lipinski definition) is 5. The molecule has 2 aromatic carbocycles. The lowest BCUT2D eigenvalue weighted by molar-refractivity contribution is 0.0996. The molecule has 0 bridgehead atoms. The van der Waals surface area contributed by atoms with Gasteiger partial charge in [0.2, 0.25) is 0 Å². The maximum atomic E-state index is 13.4. The van der Waals surface area contributed by atoms with Crippen molar-refractivity contribution in [2.75, 3.05) is 5.32 Å². The maximum absolute atomic E-state index is 13.4. The number of carbonyl (C=O) groups is 2. The molecule has 0 spiro atoms. The summed E-state index contributed by atoms with van der Waals surface area (Å²) in [6.45, 7) is 0.148. The minimum atomic E-state index is -0.445. The van der Waals surface area contributed by atoms with Crippen LogP contribution in [0.5, 0.6) is 5.75 Å². The summed E-state index contributed by atoms with van der Waals surface area (Å²) < 4.78 is 19.8. The van der Waals surface area contributed by atoms with E-state index in [1.165, 1.54) is 29.1 Å². The lowest BCUT2D eigenvalue weighted by Gasteiger charge is -2.08. The van der Waals surface area contributed by atoms with E-state index in [1.807, 2.05) is 0 Å². The van der Waals surface area contributed by atoms with Crippen molar-refractivity contribution in [3.05, 3.63) is 89.8 Å². The fourth-order valence-corrected chi connectivity index (χ4v) is 3.68. The Morgan fingerprint density at radius 1 is 1.12 bits per heavy atom. The molecule has 3 N–H and O–H groups in total. The van der Waals surface area contributed by atoms with Gasteiger partial charge < -0.3 is 20.2 Å². The molecular formula is C25H21FN4O4. The molecule has 0 aliphatic heterocycles. The van der Waals surface area contributed by atoms with Crippen molar-refractivity contribution in [1.82, 2.24) is 15.1 Å². The first-order valence-electron chi connectivity index (χ1n) is 10.8. The van der Waals surface area contributed by atoms with Gasteiger partial charge in [-0.15, -0.1) is 0 Å². The van der Waals surface area contributed by atoms with Gasteiger partial charge in [-0.1, -0.05) is 12.1 Å². The van der Waals surface area contributed by atoms with Gasteiger partial charge in [0.1, 0.15) is 11.6 Å². The molecule has 1 saturated carbocycles. The molecule has 8 nitrogen and oxygen atoms in total. The van der Waals surface area contributed by atoms with Gasteiger partial charge in [0.05, 0.1) is 17.7 Å². The Labute approximate surface area is 194 Å². The average Bonchev–Trinajstić information content (AvgIpc) is 3.33. The number of halogens is 1. The van der Waals surface area contributed by atoms with E-state index in [9.17, 15) is 19.1 Å². The zero-order valence-corrected chi connectivity index (χ0v) is 18.0. The fourth-order valence-electron chi connectivity index (χ4n) is 3.68. The second-order valence-electron chi connectivity index (χ2n) is 8.09. The summed E-state index contributed by atoms with van der Waals surface area (Å²) in [5.74, 6) is -0.484. The molecular weight excluding hydrogens is 439 g/mol. The Morgan fingerprint density at radius 3 is 2.71 bits per heavy atom. The molecule has 2 amide bonds. The highest BCUT2D eigenvalue weighted by Crippen LogP contribution is 2.42. The van der Waals surface area contributed by atoms with Crippen molar-refractivity contribution in [3.63, 3.8) is 0 Å². The number of anilines is 1. The van der Waals surface area contributed by atoms with Gasteiger partial charge in [0.25, 0.3) is 5.91 Å². The quantitative estimate of drug-likeness (QED) is 0.356. The highest BCUT2D eigenvalue weighted by molar-refractivity contribution is 6.02. The SMILES string of the molecule is O=C(Nc1ccc(O)c(-c2cc(C3CC3)n(C(=O)NCc3cccc(F)c3)n2)c1)c1ccco1. The Balaban J connectivity index is 1.39. The maximum Gasteiger partial charge on any atom is 0.342 e. The molecule has 2 heterocycles. The van der Waals surface area contributed by atoms with Gasteiger partial charge in [-0.3, -0.25) is 4.79 Å². The van der Waals surface area contributed by atoms with Crippen LogP contribution >= 0.6 is 0 Å². The molecule has 1 fully saturated rings. The average molecular weight is 460 g/mol. The number of phenols is 1. The number of nitrogens with zero attached hydrogens (tertiary/aromatic N) is 2. The molecule has 5 rings (SSSR count). The second-order valence-corrected chi connectivity index (χ2v) is 8.09. The van der Waals surface area contributed by atoms with Crippen LogP contribution < -0.4 is 10.6 Å². The summed E-state index contributed by atoms with van der Waals surface area (Å²) >= 11 is 0. The molecule has 1 aliphatic rings. The lowest BCUT2D eigenvalue weighted by Crippen LogP contribution is -2.30. The van der Waals surface area contributed by atoms with Crippen LogP contribution in [0.25, 0.3) is 11.3 Å². The summed E-state index contributed by atoms with van der Waals surface area (Å²) in [7, 11) is 0. The molecule has 2 aromatic heterocycles. The molecule has 34 heavy (non-hydrogen) atoms. The van der Waals surface area contributed by atoms with E-state index in [-0.39, 0.29) is 29.8 Å². The highest BCUT2D eigenvalue weighted by Gasteiger charge is 2.31. The van der Waals surface area contributed by atoms with Gasteiger partial charge in [0, 0.05) is 23.7 Å². The molecule has 0 unspecified atom stereocenters. The summed E-state index contributed by atoms with van der Waals surface area (Å²) in [6, 6.07) is 15.1. The van der Waals surface area contributed by atoms with E-state index in [2.05, 4.69) is 15.7 Å². The van der Waals surface area contributed by atoms with Crippen molar-refractivity contribution in [2.45, 2.75) is 25.3 Å². The number of carbonyl (C=O) groups excluding carboxylic acids is 2. The van der Waals surface area contributed by atoms with E-state index in [4.69, 9.17) is 4.42 Å². The standard InChI is InChI=1S/C25H21FN4O4/c26-17-4-1-3-15(11-17)14-27-25(33)30-21(16-6-7-16)13-20(29-30)19-12-18(8-9-22(19)31)28-24(32)23-5-2-10-34-23/h1-5,8-13,16,31H,6-7,14H2,(H,27,33)(H,28,32). The first-order chi connectivity index (χ1) is 16.5. The predicted molar refractivity (Wildman–Crippen MR) is 122 cm³/mol. The molecule has 0 atom stereocenters. The number of nitrogens with one attached hydrogen (secondary N) is 2. The number of furan rings is 1. The van der Waals surface area contributed by atoms with Crippen LogP contribution in [0.2, 0.25) is 0 Å². The van der Waals surface area contributed by atoms with Gasteiger partial charge in [-0.25, -0.2) is 9.18 Å². The Bertz CT molecular complexity index is 1360. The van der Waals surface area contributed by atoms with E-state index < -0.39 is 11.9 Å². The molecule has 9 heteroatoms. The second kappa shape index (κ2) is 8.86. The summed E-state index contributed by atoms with van der Waals surface area (Å²) in [6.07, 6.45) is 3.28. The number of amides is 2. The number of aromatic nitrogens is 2. The topological polar surface area (TPSA) is 109 Å². The van der Waals surface area contributed by atoms with Crippen molar-refractivity contribution < 1.29 is 23.5 Å². The summed E-state index contributed by atoms with van der Waals surface area (Å²) in [4.78, 5) is 25.2. The van der Waals surface area contributed by atoms with E-state index in [1.54, 1.807) is 42.5 Å². The van der Waals surface area contributed by atoms with Gasteiger partial charge in [-0.2, -0.15) is 9.78 Å². The third kappa shape index (κ3) is 4.54. The van der Waals surface area contributed by atoms with Gasteiger partial charge in [-0.05, 0) is 66.9 Å². The molecule has 4 aromatic rings. The first kappa shape index (κ1) is 21.4. The normalized spacial score (nSPS) is 13.0. The van der Waals surface area contributed by atoms with Crippen molar-refractivity contribution in [2.24, 2.45) is 0 Å². The first-order valence-corrected chi connectivity index (χ1v) is 10.8. The van der Waals surface area contributed by atoms with Crippen molar-refractivity contribution >= 4 is 17.6 Å². The molecule has 172 valence electrons. The molecule has 0 radical (unpaired) electrons. The number of hydrogen-bond donors (Lipinski definition) is 3. The summed E-state index contributed by atoms with van der Waals surface area (Å²) in [5, 5.41) is 20.4. The predicted octanol–water partition coefficient (Wildman–Crippen LogP) is 4.88. The number of aromatic hydroxyl groups is 1. The molecule has 0 saturated heterocycles. The largest absolute Gasteiger partial charge is 0.507 e. The molecule has 1 aliphatic carbocycles. The monoisotopic (exact) mass is 460 g/mol. The third-order valence-corrected chi connectivity index (χ3v) is 5.53. The Hall–Kier alpha value is -4.40. The highest BCUT2D eigenvalue weighted by atomic mass is 19.1. The van der Waals surface area contributed by atoms with Crippen molar-refractivity contribution in [3.8, 4) is 17.0 Å². The summed E-state index contributed by atoms with van der Waals surface area (Å²) in [5.41, 5.74) is 2.57. The number of phenolic OH excluding ortho intramolecular Hbond substituents is 1. The lowest BCUT2D eigenvalue weighted by atomic mass is 10.1. The minimum absolute atomic E-state index is 0.0387. The zero-order valence-electron chi connectivity index (χ0n) is 18.0. The van der Waals surface area contributed by atoms with E-state index in [0.29, 0.717) is 22.5 Å². The Kier molecular flexibility index (Phi) is 5.59. The van der Waals surface area contributed by atoms with Crippen LogP contribution in [0.1, 0.15) is 40.6 Å². The fraction of sp³-hybridized carbons (Fsp3) is 0.160. The van der Waals surface area contributed by atoms with Gasteiger partial charge in [0.15, 0.2) is 5.76 Å². The van der Waals surface area contributed by atoms with Crippen LogP contribution in [-0.2, 0) is 6.54 Å². The third-order valence-electron chi connectivity index (χ3n) is 5.53. The van der Waals surface area contributed by atoms with Crippen LogP contribution in [-0.4, -0.2) is 26.8 Å². The zero-order chi connectivity index (χ0) is 23.7. The van der Waals surface area contributed by atoms with Crippen LogP contribution in [0.15, 0.2) is 71.3 Å².